The molecule has 0 radical (unpaired) electrons. The molecule has 0 atom stereocenters. The van der Waals surface area contributed by atoms with Crippen LogP contribution in [0.4, 0.5) is 5.69 Å². The van der Waals surface area contributed by atoms with Crippen LogP contribution in [0.15, 0.2) is 70.0 Å². The number of nitrogens with zero attached hydrogens (tertiary/aromatic N) is 2. The van der Waals surface area contributed by atoms with E-state index in [1.54, 1.807) is 42.6 Å². The smallest absolute Gasteiger partial charge is 0.264 e. The summed E-state index contributed by atoms with van der Waals surface area (Å²) in [5.41, 5.74) is 5.64. The first-order valence-corrected chi connectivity index (χ1v) is 11.6. The molecular formula is C22H23N3O3S2. The maximum Gasteiger partial charge on any atom is 0.264 e. The summed E-state index contributed by atoms with van der Waals surface area (Å²) in [4.78, 5) is 13.6. The number of para-hydroxylation sites is 1. The molecule has 0 saturated heterocycles. The summed E-state index contributed by atoms with van der Waals surface area (Å²) in [6.07, 6.45) is 1.56. The lowest BCUT2D eigenvalue weighted by Crippen LogP contribution is -2.40. The van der Waals surface area contributed by atoms with E-state index in [1.807, 2.05) is 44.4 Å². The van der Waals surface area contributed by atoms with Crippen molar-refractivity contribution in [1.29, 1.82) is 0 Å². The molecule has 0 saturated carbocycles. The molecule has 0 fully saturated rings. The highest BCUT2D eigenvalue weighted by Gasteiger charge is 2.28. The Labute approximate surface area is 180 Å². The standard InChI is InChI=1S/C22H23N3O3S2/c1-16-8-10-19(11-9-16)30(27,28)25(20-7-5-4-6-17(20)2)15-22(26)24-23-14-21-18(3)12-13-29-21/h4-14H,15H2,1-3H3,(H,24,26)/b23-14+. The van der Waals surface area contributed by atoms with Crippen molar-refractivity contribution in [2.45, 2.75) is 25.7 Å². The van der Waals surface area contributed by atoms with Gasteiger partial charge in [0.25, 0.3) is 15.9 Å². The molecule has 8 heteroatoms. The van der Waals surface area contributed by atoms with Gasteiger partial charge < -0.3 is 0 Å². The van der Waals surface area contributed by atoms with Gasteiger partial charge >= 0.3 is 0 Å². The van der Waals surface area contributed by atoms with E-state index in [4.69, 9.17) is 0 Å². The zero-order valence-corrected chi connectivity index (χ0v) is 18.6. The highest BCUT2D eigenvalue weighted by Crippen LogP contribution is 2.26. The number of thiophene rings is 1. The molecule has 3 aromatic rings. The van der Waals surface area contributed by atoms with Crippen LogP contribution in [-0.2, 0) is 14.8 Å². The number of rotatable bonds is 7. The average Bonchev–Trinajstić information content (AvgIpc) is 3.12. The van der Waals surface area contributed by atoms with E-state index in [0.29, 0.717) is 5.69 Å². The van der Waals surface area contributed by atoms with Crippen molar-refractivity contribution in [3.63, 3.8) is 0 Å². The van der Waals surface area contributed by atoms with Gasteiger partial charge in [0, 0.05) is 4.88 Å². The third-order valence-electron chi connectivity index (χ3n) is 4.55. The maximum absolute atomic E-state index is 13.3. The predicted octanol–water partition coefficient (Wildman–Crippen LogP) is 4.02. The number of hydrogen-bond acceptors (Lipinski definition) is 5. The van der Waals surface area contributed by atoms with E-state index in [1.165, 1.54) is 11.3 Å². The lowest BCUT2D eigenvalue weighted by molar-refractivity contribution is -0.119. The number of aryl methyl sites for hydroxylation is 3. The number of carbonyl (C=O) groups excluding carboxylic acids is 1. The molecule has 1 N–H and O–H groups in total. The highest BCUT2D eigenvalue weighted by atomic mass is 32.2. The lowest BCUT2D eigenvalue weighted by atomic mass is 10.2. The molecule has 1 aromatic heterocycles. The Hall–Kier alpha value is -2.97. The van der Waals surface area contributed by atoms with Crippen LogP contribution in [0.25, 0.3) is 0 Å². The second-order valence-electron chi connectivity index (χ2n) is 6.87. The summed E-state index contributed by atoms with van der Waals surface area (Å²) in [6.45, 7) is 5.26. The summed E-state index contributed by atoms with van der Waals surface area (Å²) in [5.74, 6) is -0.528. The van der Waals surface area contributed by atoms with E-state index < -0.39 is 15.9 Å². The Morgan fingerprint density at radius 3 is 2.37 bits per heavy atom. The molecule has 0 unspecified atom stereocenters. The van der Waals surface area contributed by atoms with Crippen LogP contribution in [0.5, 0.6) is 0 Å². The molecule has 3 rings (SSSR count). The Morgan fingerprint density at radius 1 is 1.03 bits per heavy atom. The SMILES string of the molecule is Cc1ccc(S(=O)(=O)N(CC(=O)N/N=C/c2sccc2C)c2ccccc2C)cc1. The van der Waals surface area contributed by atoms with Crippen molar-refractivity contribution in [3.05, 3.63) is 81.5 Å². The van der Waals surface area contributed by atoms with Crippen molar-refractivity contribution in [1.82, 2.24) is 5.43 Å². The molecule has 0 spiro atoms. The quantitative estimate of drug-likeness (QED) is 0.444. The number of sulfonamides is 1. The third-order valence-corrected chi connectivity index (χ3v) is 7.28. The molecule has 6 nitrogen and oxygen atoms in total. The van der Waals surface area contributed by atoms with Crippen LogP contribution in [-0.4, -0.2) is 27.1 Å². The van der Waals surface area contributed by atoms with Crippen LogP contribution < -0.4 is 9.73 Å². The van der Waals surface area contributed by atoms with E-state index in [2.05, 4.69) is 10.5 Å². The van der Waals surface area contributed by atoms with Gasteiger partial charge in [-0.2, -0.15) is 5.10 Å². The molecule has 156 valence electrons. The molecule has 1 heterocycles. The van der Waals surface area contributed by atoms with Crippen molar-refractivity contribution >= 4 is 39.2 Å². The van der Waals surface area contributed by atoms with Crippen LogP contribution in [0.3, 0.4) is 0 Å². The summed E-state index contributed by atoms with van der Waals surface area (Å²) >= 11 is 1.51. The van der Waals surface area contributed by atoms with Crippen LogP contribution in [0, 0.1) is 20.8 Å². The lowest BCUT2D eigenvalue weighted by Gasteiger charge is -2.25. The first kappa shape index (κ1) is 21.7. The van der Waals surface area contributed by atoms with Gasteiger partial charge in [0.1, 0.15) is 6.54 Å². The first-order chi connectivity index (χ1) is 14.3. The van der Waals surface area contributed by atoms with Gasteiger partial charge in [0.2, 0.25) is 0 Å². The number of hydrazone groups is 1. The van der Waals surface area contributed by atoms with Crippen molar-refractivity contribution in [2.24, 2.45) is 5.10 Å². The second kappa shape index (κ2) is 9.23. The van der Waals surface area contributed by atoms with Gasteiger partial charge in [-0.25, -0.2) is 13.8 Å². The number of nitrogens with one attached hydrogen (secondary N) is 1. The average molecular weight is 442 g/mol. The van der Waals surface area contributed by atoms with Crippen LogP contribution in [0.1, 0.15) is 21.6 Å². The molecule has 0 aliphatic rings. The molecule has 0 bridgehead atoms. The molecule has 0 aliphatic heterocycles. The van der Waals surface area contributed by atoms with E-state index in [-0.39, 0.29) is 11.4 Å². The zero-order chi connectivity index (χ0) is 21.7. The van der Waals surface area contributed by atoms with Gasteiger partial charge in [-0.15, -0.1) is 11.3 Å². The second-order valence-corrected chi connectivity index (χ2v) is 9.68. The van der Waals surface area contributed by atoms with Crippen molar-refractivity contribution in [2.75, 3.05) is 10.8 Å². The fourth-order valence-electron chi connectivity index (χ4n) is 2.83. The minimum Gasteiger partial charge on any atom is -0.271 e. The number of hydrogen-bond donors (Lipinski definition) is 1. The normalized spacial score (nSPS) is 11.6. The Kier molecular flexibility index (Phi) is 6.69. The van der Waals surface area contributed by atoms with Crippen molar-refractivity contribution < 1.29 is 13.2 Å². The molecule has 0 aliphatic carbocycles. The minimum absolute atomic E-state index is 0.127. The summed E-state index contributed by atoms with van der Waals surface area (Å²) in [5, 5.41) is 5.91. The first-order valence-electron chi connectivity index (χ1n) is 9.30. The number of anilines is 1. The summed E-state index contributed by atoms with van der Waals surface area (Å²) in [7, 11) is -3.94. The van der Waals surface area contributed by atoms with E-state index >= 15 is 0 Å². The highest BCUT2D eigenvalue weighted by molar-refractivity contribution is 7.92. The topological polar surface area (TPSA) is 78.8 Å². The molecule has 1 amide bonds. The summed E-state index contributed by atoms with van der Waals surface area (Å²) < 4.78 is 27.8. The maximum atomic E-state index is 13.3. The number of amides is 1. The van der Waals surface area contributed by atoms with Gasteiger partial charge in [0.05, 0.1) is 16.8 Å². The van der Waals surface area contributed by atoms with Gasteiger partial charge in [-0.3, -0.25) is 9.10 Å². The van der Waals surface area contributed by atoms with Gasteiger partial charge in [-0.05, 0) is 61.5 Å². The predicted molar refractivity (Wildman–Crippen MR) is 122 cm³/mol. The monoisotopic (exact) mass is 441 g/mol. The zero-order valence-electron chi connectivity index (χ0n) is 17.0. The fourth-order valence-corrected chi connectivity index (χ4v) is 5.10. The minimum atomic E-state index is -3.94. The van der Waals surface area contributed by atoms with Crippen LogP contribution in [0.2, 0.25) is 0 Å². The largest absolute Gasteiger partial charge is 0.271 e. The third kappa shape index (κ3) is 4.95. The Bertz CT molecular complexity index is 1170. The Morgan fingerprint density at radius 2 is 1.73 bits per heavy atom. The number of carbonyl (C=O) groups is 1. The van der Waals surface area contributed by atoms with E-state index in [9.17, 15) is 13.2 Å². The van der Waals surface area contributed by atoms with E-state index in [0.717, 1.165) is 25.9 Å². The van der Waals surface area contributed by atoms with Gasteiger partial charge in [-0.1, -0.05) is 35.9 Å². The molecular weight excluding hydrogens is 418 g/mol. The van der Waals surface area contributed by atoms with Crippen LogP contribution >= 0.6 is 11.3 Å². The number of benzene rings is 2. The van der Waals surface area contributed by atoms with Crippen molar-refractivity contribution in [3.8, 4) is 0 Å². The molecule has 30 heavy (non-hydrogen) atoms. The fraction of sp³-hybridized carbons (Fsp3) is 0.182. The Balaban J connectivity index is 1.87. The molecule has 2 aromatic carbocycles. The summed E-state index contributed by atoms with van der Waals surface area (Å²) in [6, 6.07) is 15.6. The van der Waals surface area contributed by atoms with Gasteiger partial charge in [0.15, 0.2) is 0 Å².